The van der Waals surface area contributed by atoms with Crippen molar-refractivity contribution in [2.24, 2.45) is 0 Å². The zero-order valence-corrected chi connectivity index (χ0v) is 17.0. The number of halogens is 1. The van der Waals surface area contributed by atoms with Gasteiger partial charge < -0.3 is 10.4 Å². The van der Waals surface area contributed by atoms with E-state index in [0.29, 0.717) is 33.9 Å². The van der Waals surface area contributed by atoms with Gasteiger partial charge in [-0.2, -0.15) is 5.26 Å². The Labute approximate surface area is 171 Å². The number of hydrogen-bond donors (Lipinski definition) is 2. The molecule has 1 atom stereocenters. The average Bonchev–Trinajstić information content (AvgIpc) is 3.11. The van der Waals surface area contributed by atoms with Gasteiger partial charge in [0.25, 0.3) is 5.56 Å². The molecule has 9 heteroatoms. The van der Waals surface area contributed by atoms with Crippen LogP contribution in [0.2, 0.25) is 5.02 Å². The molecule has 2 N–H and O–H groups in total. The Kier molecular flexibility index (Phi) is 6.28. The Bertz CT molecular complexity index is 993. The quantitative estimate of drug-likeness (QED) is 0.549. The lowest BCUT2D eigenvalue weighted by molar-refractivity contribution is -0.119. The first-order valence-corrected chi connectivity index (χ1v) is 10.4. The van der Waals surface area contributed by atoms with Gasteiger partial charge in [-0.25, -0.2) is 4.98 Å². The van der Waals surface area contributed by atoms with Crippen molar-refractivity contribution in [3.05, 3.63) is 33.6 Å². The third kappa shape index (κ3) is 4.49. The number of aromatic nitrogens is 2. The molecule has 0 unspecified atom stereocenters. The number of rotatable bonds is 6. The highest BCUT2D eigenvalue weighted by atomic mass is 35.5. The fourth-order valence-electron chi connectivity index (χ4n) is 3.39. The summed E-state index contributed by atoms with van der Waals surface area (Å²) < 4.78 is 1.37. The predicted octanol–water partition coefficient (Wildman–Crippen LogP) is 2.48. The zero-order chi connectivity index (χ0) is 20.3. The average molecular weight is 421 g/mol. The summed E-state index contributed by atoms with van der Waals surface area (Å²) in [5, 5.41) is 23.2. The predicted molar refractivity (Wildman–Crippen MR) is 108 cm³/mol. The summed E-state index contributed by atoms with van der Waals surface area (Å²) in [7, 11) is 0. The summed E-state index contributed by atoms with van der Waals surface area (Å²) in [4.78, 5) is 29.7. The van der Waals surface area contributed by atoms with E-state index in [1.807, 2.05) is 0 Å². The minimum absolute atomic E-state index is 0.0156. The monoisotopic (exact) mass is 420 g/mol. The van der Waals surface area contributed by atoms with Gasteiger partial charge in [0.1, 0.15) is 5.54 Å². The second-order valence-corrected chi connectivity index (χ2v) is 8.44. The summed E-state index contributed by atoms with van der Waals surface area (Å²) in [6, 6.07) is 7.03. The summed E-state index contributed by atoms with van der Waals surface area (Å²) in [5.41, 5.74) is -0.650. The van der Waals surface area contributed by atoms with Crippen LogP contribution in [-0.2, 0) is 11.3 Å². The molecule has 0 saturated heterocycles. The third-order valence-electron chi connectivity index (χ3n) is 4.71. The third-order valence-corrected chi connectivity index (χ3v) is 5.92. The van der Waals surface area contributed by atoms with Gasteiger partial charge in [-0.3, -0.25) is 14.2 Å². The van der Waals surface area contributed by atoms with Gasteiger partial charge in [-0.1, -0.05) is 23.4 Å². The van der Waals surface area contributed by atoms with Crippen LogP contribution >= 0.6 is 23.4 Å². The topological polar surface area (TPSA) is 108 Å². The van der Waals surface area contributed by atoms with Crippen LogP contribution in [0.15, 0.2) is 28.2 Å². The van der Waals surface area contributed by atoms with Crippen LogP contribution in [0.3, 0.4) is 0 Å². The van der Waals surface area contributed by atoms with E-state index in [1.165, 1.54) is 4.57 Å². The normalized spacial score (nSPS) is 16.6. The van der Waals surface area contributed by atoms with Crippen molar-refractivity contribution in [3.63, 3.8) is 0 Å². The van der Waals surface area contributed by atoms with E-state index < -0.39 is 11.6 Å². The van der Waals surface area contributed by atoms with Gasteiger partial charge in [0.15, 0.2) is 5.16 Å². The largest absolute Gasteiger partial charge is 0.392 e. The zero-order valence-electron chi connectivity index (χ0n) is 15.4. The number of nitrogens with zero attached hydrogens (tertiary/aromatic N) is 3. The second kappa shape index (κ2) is 8.52. The number of carbonyl (C=O) groups is 1. The molecule has 2 aromatic rings. The van der Waals surface area contributed by atoms with Crippen LogP contribution in [0.5, 0.6) is 0 Å². The standard InChI is InChI=1S/C19H21ClN4O3S/c1-12(25)9-24-17(27)14-5-4-13(20)8-15(14)22-18(24)28-10-16(26)23-19(11-21)6-2-3-7-19/h4-5,8,12,25H,2-3,6-7,9-10H2,1H3,(H,23,26)/t12-/m1/s1. The van der Waals surface area contributed by atoms with Crippen LogP contribution < -0.4 is 10.9 Å². The summed E-state index contributed by atoms with van der Waals surface area (Å²) >= 11 is 7.11. The molecule has 7 nitrogen and oxygen atoms in total. The van der Waals surface area contributed by atoms with Gasteiger partial charge in [0.2, 0.25) is 5.91 Å². The smallest absolute Gasteiger partial charge is 0.262 e. The van der Waals surface area contributed by atoms with Crippen LogP contribution in [0, 0.1) is 11.3 Å². The van der Waals surface area contributed by atoms with Gasteiger partial charge in [-0.15, -0.1) is 0 Å². The molecule has 1 heterocycles. The molecular formula is C19H21ClN4O3S. The lowest BCUT2D eigenvalue weighted by atomic mass is 10.0. The molecule has 1 aliphatic rings. The van der Waals surface area contributed by atoms with Gasteiger partial charge in [-0.05, 0) is 50.8 Å². The summed E-state index contributed by atoms with van der Waals surface area (Å²) in [6.45, 7) is 1.65. The highest BCUT2D eigenvalue weighted by Gasteiger charge is 2.35. The Morgan fingerprint density at radius 2 is 2.21 bits per heavy atom. The number of nitriles is 1. The van der Waals surface area contributed by atoms with E-state index in [0.717, 1.165) is 24.6 Å². The van der Waals surface area contributed by atoms with Crippen molar-refractivity contribution in [3.8, 4) is 6.07 Å². The van der Waals surface area contributed by atoms with E-state index in [-0.39, 0.29) is 23.8 Å². The number of carbonyl (C=O) groups excluding carboxylic acids is 1. The summed E-state index contributed by atoms with van der Waals surface area (Å²) in [5.74, 6) is -0.264. The van der Waals surface area contributed by atoms with Crippen molar-refractivity contribution in [2.75, 3.05) is 5.75 Å². The first-order valence-electron chi connectivity index (χ1n) is 9.07. The highest BCUT2D eigenvalue weighted by molar-refractivity contribution is 7.99. The van der Waals surface area contributed by atoms with Gasteiger partial charge in [0, 0.05) is 5.02 Å². The van der Waals surface area contributed by atoms with Crippen molar-refractivity contribution in [2.45, 2.75) is 56.0 Å². The Balaban J connectivity index is 1.85. The number of aliphatic hydroxyl groups excluding tert-OH is 1. The Morgan fingerprint density at radius 1 is 1.50 bits per heavy atom. The van der Waals surface area contributed by atoms with Crippen LogP contribution in [0.1, 0.15) is 32.6 Å². The molecule has 0 aliphatic heterocycles. The van der Waals surface area contributed by atoms with Gasteiger partial charge >= 0.3 is 0 Å². The molecule has 0 spiro atoms. The Hall–Kier alpha value is -2.08. The molecule has 0 bridgehead atoms. The van der Waals surface area contributed by atoms with Crippen molar-refractivity contribution >= 4 is 40.2 Å². The lowest BCUT2D eigenvalue weighted by Gasteiger charge is -2.22. The van der Waals surface area contributed by atoms with E-state index in [9.17, 15) is 20.0 Å². The molecule has 1 aromatic heterocycles. The number of amides is 1. The molecule has 0 radical (unpaired) electrons. The molecule has 148 valence electrons. The SMILES string of the molecule is C[C@@H](O)Cn1c(SCC(=O)NC2(C#N)CCCC2)nc2cc(Cl)ccc2c1=O. The number of fused-ring (bicyclic) bond motifs is 1. The van der Waals surface area contributed by atoms with Gasteiger partial charge in [0.05, 0.1) is 35.4 Å². The Morgan fingerprint density at radius 3 is 2.86 bits per heavy atom. The molecule has 28 heavy (non-hydrogen) atoms. The molecular weight excluding hydrogens is 400 g/mol. The van der Waals surface area contributed by atoms with Crippen molar-refractivity contribution < 1.29 is 9.90 Å². The minimum Gasteiger partial charge on any atom is -0.392 e. The van der Waals surface area contributed by atoms with Crippen LogP contribution in [-0.4, -0.2) is 38.0 Å². The van der Waals surface area contributed by atoms with Crippen molar-refractivity contribution in [1.82, 2.24) is 14.9 Å². The van der Waals surface area contributed by atoms with E-state index in [1.54, 1.807) is 25.1 Å². The maximum atomic E-state index is 12.8. The lowest BCUT2D eigenvalue weighted by Crippen LogP contribution is -2.45. The second-order valence-electron chi connectivity index (χ2n) is 7.06. The van der Waals surface area contributed by atoms with Crippen molar-refractivity contribution in [1.29, 1.82) is 5.26 Å². The number of aliphatic hydroxyl groups is 1. The molecule has 1 saturated carbocycles. The minimum atomic E-state index is -0.790. The van der Waals surface area contributed by atoms with E-state index in [4.69, 9.17) is 11.6 Å². The molecule has 3 rings (SSSR count). The number of benzene rings is 1. The fourth-order valence-corrected chi connectivity index (χ4v) is 4.36. The number of hydrogen-bond acceptors (Lipinski definition) is 6. The first-order chi connectivity index (χ1) is 13.3. The highest BCUT2D eigenvalue weighted by Crippen LogP contribution is 2.29. The number of thioether (sulfide) groups is 1. The summed E-state index contributed by atoms with van der Waals surface area (Å²) in [6.07, 6.45) is 2.39. The number of nitrogens with one attached hydrogen (secondary N) is 1. The molecule has 1 aliphatic carbocycles. The molecule has 1 aromatic carbocycles. The fraction of sp³-hybridized carbons (Fsp3) is 0.474. The van der Waals surface area contributed by atoms with E-state index in [2.05, 4.69) is 16.4 Å². The van der Waals surface area contributed by atoms with E-state index >= 15 is 0 Å². The first kappa shape index (κ1) is 20.6. The molecule has 1 fully saturated rings. The molecule has 1 amide bonds. The van der Waals surface area contributed by atoms with Crippen LogP contribution in [0.4, 0.5) is 0 Å². The van der Waals surface area contributed by atoms with Crippen LogP contribution in [0.25, 0.3) is 10.9 Å². The maximum absolute atomic E-state index is 12.8. The maximum Gasteiger partial charge on any atom is 0.262 e.